The second kappa shape index (κ2) is 6.05. The number of aliphatic hydroxyl groups is 1. The van der Waals surface area contributed by atoms with Gasteiger partial charge in [-0.25, -0.2) is 0 Å². The minimum Gasteiger partial charge on any atom is -0.378 e. The molecule has 2 atom stereocenters. The summed E-state index contributed by atoms with van der Waals surface area (Å²) in [4.78, 5) is 0. The van der Waals surface area contributed by atoms with E-state index in [-0.39, 0.29) is 0 Å². The summed E-state index contributed by atoms with van der Waals surface area (Å²) in [7, 11) is 0. The molecule has 0 aromatic rings. The molecule has 0 fully saturated rings. The molecule has 0 amide bonds. The van der Waals surface area contributed by atoms with Crippen molar-refractivity contribution in [2.75, 3.05) is 0 Å². The number of hydrogen-bond donors (Lipinski definition) is 1. The SMILES string of the molecule is C#C[C@](C)(O)CCC[C@@H](C)CCC. The van der Waals surface area contributed by atoms with E-state index in [2.05, 4.69) is 19.8 Å². The van der Waals surface area contributed by atoms with Gasteiger partial charge in [0.25, 0.3) is 0 Å². The van der Waals surface area contributed by atoms with Crippen LogP contribution in [0, 0.1) is 18.3 Å². The van der Waals surface area contributed by atoms with Crippen molar-refractivity contribution in [2.24, 2.45) is 5.92 Å². The van der Waals surface area contributed by atoms with Gasteiger partial charge in [0.05, 0.1) is 0 Å². The Morgan fingerprint density at radius 2 is 2.08 bits per heavy atom. The molecule has 76 valence electrons. The standard InChI is InChI=1S/C12H22O/c1-5-8-11(3)9-7-10-12(4,13)6-2/h2,11,13H,5,7-10H2,1,3-4H3/t11-,12-/m0/s1. The molecular formula is C12H22O. The summed E-state index contributed by atoms with van der Waals surface area (Å²) in [6.45, 7) is 6.17. The van der Waals surface area contributed by atoms with Gasteiger partial charge in [0.1, 0.15) is 5.60 Å². The smallest absolute Gasteiger partial charge is 0.122 e. The highest BCUT2D eigenvalue weighted by atomic mass is 16.3. The summed E-state index contributed by atoms with van der Waals surface area (Å²) in [6.07, 6.45) is 10.6. The molecule has 1 heteroatoms. The van der Waals surface area contributed by atoms with Gasteiger partial charge in [-0.15, -0.1) is 6.42 Å². The molecule has 0 rings (SSSR count). The van der Waals surface area contributed by atoms with Crippen LogP contribution in [0.25, 0.3) is 0 Å². The van der Waals surface area contributed by atoms with Crippen molar-refractivity contribution in [3.05, 3.63) is 0 Å². The maximum absolute atomic E-state index is 9.53. The Kier molecular flexibility index (Phi) is 5.82. The second-order valence-electron chi connectivity index (χ2n) is 4.20. The number of terminal acetylenes is 1. The van der Waals surface area contributed by atoms with Crippen LogP contribution in [0.3, 0.4) is 0 Å². The van der Waals surface area contributed by atoms with E-state index in [1.54, 1.807) is 6.92 Å². The van der Waals surface area contributed by atoms with Gasteiger partial charge < -0.3 is 5.11 Å². The Labute approximate surface area is 82.5 Å². The van der Waals surface area contributed by atoms with Gasteiger partial charge in [0.15, 0.2) is 0 Å². The van der Waals surface area contributed by atoms with E-state index in [1.807, 2.05) is 0 Å². The highest BCUT2D eigenvalue weighted by Gasteiger charge is 2.15. The average molecular weight is 182 g/mol. The summed E-state index contributed by atoms with van der Waals surface area (Å²) in [6, 6.07) is 0. The van der Waals surface area contributed by atoms with E-state index >= 15 is 0 Å². The molecule has 13 heavy (non-hydrogen) atoms. The predicted octanol–water partition coefficient (Wildman–Crippen LogP) is 2.98. The zero-order chi connectivity index (χ0) is 10.3. The van der Waals surface area contributed by atoms with Crippen molar-refractivity contribution in [3.63, 3.8) is 0 Å². The van der Waals surface area contributed by atoms with Gasteiger partial charge in [-0.1, -0.05) is 39.0 Å². The van der Waals surface area contributed by atoms with E-state index in [4.69, 9.17) is 6.42 Å². The quantitative estimate of drug-likeness (QED) is 0.626. The fraction of sp³-hybridized carbons (Fsp3) is 0.833. The maximum atomic E-state index is 9.53. The van der Waals surface area contributed by atoms with Gasteiger partial charge in [0, 0.05) is 0 Å². The molecule has 0 unspecified atom stereocenters. The van der Waals surface area contributed by atoms with Crippen LogP contribution in [0.5, 0.6) is 0 Å². The highest BCUT2D eigenvalue weighted by Crippen LogP contribution is 2.18. The van der Waals surface area contributed by atoms with E-state index in [9.17, 15) is 5.11 Å². The molecular weight excluding hydrogens is 160 g/mol. The van der Waals surface area contributed by atoms with E-state index in [0.29, 0.717) is 0 Å². The fourth-order valence-electron chi connectivity index (χ4n) is 1.50. The van der Waals surface area contributed by atoms with Crippen molar-refractivity contribution in [1.82, 2.24) is 0 Å². The minimum absolute atomic E-state index is 0.720. The van der Waals surface area contributed by atoms with Gasteiger partial charge in [-0.2, -0.15) is 0 Å². The summed E-state index contributed by atoms with van der Waals surface area (Å²) in [5.74, 6) is 3.17. The lowest BCUT2D eigenvalue weighted by Gasteiger charge is -2.17. The lowest BCUT2D eigenvalue weighted by atomic mass is 9.94. The lowest BCUT2D eigenvalue weighted by Crippen LogP contribution is -2.20. The molecule has 1 nitrogen and oxygen atoms in total. The molecule has 0 aliphatic rings. The third-order valence-electron chi connectivity index (χ3n) is 2.45. The Morgan fingerprint density at radius 3 is 2.54 bits per heavy atom. The summed E-state index contributed by atoms with van der Waals surface area (Å²) in [5, 5.41) is 9.53. The van der Waals surface area contributed by atoms with E-state index < -0.39 is 5.60 Å². The Bertz CT molecular complexity index is 164. The molecule has 0 saturated carbocycles. The van der Waals surface area contributed by atoms with Gasteiger partial charge >= 0.3 is 0 Å². The van der Waals surface area contributed by atoms with Crippen LogP contribution in [-0.2, 0) is 0 Å². The van der Waals surface area contributed by atoms with Crippen molar-refractivity contribution in [2.45, 2.75) is 58.5 Å². The third-order valence-corrected chi connectivity index (χ3v) is 2.45. The van der Waals surface area contributed by atoms with Crippen molar-refractivity contribution in [3.8, 4) is 12.3 Å². The summed E-state index contributed by atoms with van der Waals surface area (Å²) in [5.41, 5.74) is -0.897. The lowest BCUT2D eigenvalue weighted by molar-refractivity contribution is 0.107. The first-order valence-electron chi connectivity index (χ1n) is 5.22. The first-order valence-corrected chi connectivity index (χ1v) is 5.22. The summed E-state index contributed by atoms with van der Waals surface area (Å²) >= 11 is 0. The normalized spacial score (nSPS) is 17.5. The van der Waals surface area contributed by atoms with Crippen molar-refractivity contribution >= 4 is 0 Å². The molecule has 0 radical (unpaired) electrons. The monoisotopic (exact) mass is 182 g/mol. The number of rotatable bonds is 6. The zero-order valence-electron chi connectivity index (χ0n) is 9.14. The molecule has 0 bridgehead atoms. The van der Waals surface area contributed by atoms with E-state index in [1.165, 1.54) is 19.3 Å². The van der Waals surface area contributed by atoms with Crippen LogP contribution in [-0.4, -0.2) is 10.7 Å². The molecule has 0 aromatic carbocycles. The first kappa shape index (κ1) is 12.5. The third kappa shape index (κ3) is 6.66. The first-order chi connectivity index (χ1) is 6.02. The fourth-order valence-corrected chi connectivity index (χ4v) is 1.50. The number of hydrogen-bond acceptors (Lipinski definition) is 1. The molecule has 0 aliphatic carbocycles. The van der Waals surface area contributed by atoms with Crippen LogP contribution in [0.15, 0.2) is 0 Å². The van der Waals surface area contributed by atoms with Gasteiger partial charge in [0.2, 0.25) is 0 Å². The van der Waals surface area contributed by atoms with Crippen LogP contribution in [0.2, 0.25) is 0 Å². The van der Waals surface area contributed by atoms with Crippen LogP contribution < -0.4 is 0 Å². The van der Waals surface area contributed by atoms with E-state index in [0.717, 1.165) is 18.8 Å². The Balaban J connectivity index is 3.51. The summed E-state index contributed by atoms with van der Waals surface area (Å²) < 4.78 is 0. The van der Waals surface area contributed by atoms with Crippen LogP contribution in [0.4, 0.5) is 0 Å². The molecule has 0 aromatic heterocycles. The zero-order valence-corrected chi connectivity index (χ0v) is 9.14. The van der Waals surface area contributed by atoms with Crippen LogP contribution in [0.1, 0.15) is 52.9 Å². The van der Waals surface area contributed by atoms with Crippen molar-refractivity contribution < 1.29 is 5.11 Å². The molecule has 0 spiro atoms. The largest absolute Gasteiger partial charge is 0.378 e. The minimum atomic E-state index is -0.897. The van der Waals surface area contributed by atoms with Crippen LogP contribution >= 0.6 is 0 Å². The molecule has 0 aliphatic heterocycles. The Morgan fingerprint density at radius 1 is 1.46 bits per heavy atom. The van der Waals surface area contributed by atoms with Gasteiger partial charge in [-0.3, -0.25) is 0 Å². The maximum Gasteiger partial charge on any atom is 0.122 e. The molecule has 0 heterocycles. The Hall–Kier alpha value is -0.480. The topological polar surface area (TPSA) is 20.2 Å². The predicted molar refractivity (Wildman–Crippen MR) is 57.4 cm³/mol. The van der Waals surface area contributed by atoms with Crippen molar-refractivity contribution in [1.29, 1.82) is 0 Å². The molecule has 0 saturated heterocycles. The average Bonchev–Trinajstić information content (AvgIpc) is 2.05. The molecule has 1 N–H and O–H groups in total. The second-order valence-corrected chi connectivity index (χ2v) is 4.20. The highest BCUT2D eigenvalue weighted by molar-refractivity contribution is 5.03. The van der Waals surface area contributed by atoms with Gasteiger partial charge in [-0.05, 0) is 25.7 Å².